The van der Waals surface area contributed by atoms with Crippen molar-refractivity contribution in [1.29, 1.82) is 0 Å². The number of nitrogens with one attached hydrogen (secondary N) is 1. The van der Waals surface area contributed by atoms with E-state index in [0.717, 1.165) is 11.1 Å². The first kappa shape index (κ1) is 32.5. The molecule has 3 aromatic rings. The number of hydrogen-bond donors (Lipinski definition) is 1. The number of amides is 2. The number of carbonyl (C=O) groups excluding carboxylic acids is 2. The zero-order valence-electron chi connectivity index (χ0n) is 24.8. The molecule has 5 nitrogen and oxygen atoms in total. The first-order chi connectivity index (χ1) is 21.2. The summed E-state index contributed by atoms with van der Waals surface area (Å²) in [5.74, 6) is -0.969. The predicted octanol–water partition coefficient (Wildman–Crippen LogP) is 7.07. The van der Waals surface area contributed by atoms with Crippen molar-refractivity contribution in [3.05, 3.63) is 107 Å². The van der Waals surface area contributed by atoms with E-state index in [1.165, 1.54) is 11.8 Å². The fourth-order valence-corrected chi connectivity index (χ4v) is 6.80. The summed E-state index contributed by atoms with van der Waals surface area (Å²) < 4.78 is 81.4. The Labute approximate surface area is 258 Å². The number of benzene rings is 3. The fraction of sp³-hybridized carbons (Fsp3) is 0.412. The number of likely N-dealkylation sites (tertiary alicyclic amines) is 2. The average molecular weight is 632 g/mol. The molecule has 0 bridgehead atoms. The highest BCUT2D eigenvalue weighted by molar-refractivity contribution is 5.95. The van der Waals surface area contributed by atoms with E-state index in [-0.39, 0.29) is 24.6 Å². The van der Waals surface area contributed by atoms with Crippen molar-refractivity contribution in [2.45, 2.75) is 69.0 Å². The lowest BCUT2D eigenvalue weighted by Gasteiger charge is -2.48. The molecule has 3 aromatic carbocycles. The third-order valence-electron chi connectivity index (χ3n) is 9.01. The normalized spacial score (nSPS) is 20.9. The van der Waals surface area contributed by atoms with Gasteiger partial charge < -0.3 is 15.1 Å². The van der Waals surface area contributed by atoms with Crippen LogP contribution >= 0.6 is 0 Å². The van der Waals surface area contributed by atoms with Crippen LogP contribution in [0.25, 0.3) is 0 Å². The third-order valence-corrected chi connectivity index (χ3v) is 9.01. The molecule has 0 aliphatic carbocycles. The van der Waals surface area contributed by atoms with Gasteiger partial charge in [-0.15, -0.1) is 0 Å². The van der Waals surface area contributed by atoms with Crippen LogP contribution < -0.4 is 5.32 Å². The van der Waals surface area contributed by atoms with Crippen molar-refractivity contribution in [1.82, 2.24) is 15.1 Å². The Hall–Kier alpha value is -3.86. The van der Waals surface area contributed by atoms with E-state index in [2.05, 4.69) is 10.2 Å². The second-order valence-corrected chi connectivity index (χ2v) is 12.0. The summed E-state index contributed by atoms with van der Waals surface area (Å²) in [5.41, 5.74) is -2.22. The van der Waals surface area contributed by atoms with Crippen LogP contribution in [0.5, 0.6) is 0 Å². The molecule has 2 fully saturated rings. The van der Waals surface area contributed by atoms with Crippen molar-refractivity contribution < 1.29 is 35.9 Å². The van der Waals surface area contributed by atoms with Crippen LogP contribution in [0.15, 0.2) is 78.9 Å². The summed E-state index contributed by atoms with van der Waals surface area (Å²) in [5, 5.41) is 3.17. The van der Waals surface area contributed by atoms with E-state index < -0.39 is 46.5 Å². The number of hydrogen-bond acceptors (Lipinski definition) is 3. The summed E-state index contributed by atoms with van der Waals surface area (Å²) in [4.78, 5) is 29.7. The summed E-state index contributed by atoms with van der Waals surface area (Å²) >= 11 is 0. The second-order valence-electron chi connectivity index (χ2n) is 12.0. The molecule has 2 aliphatic rings. The highest BCUT2D eigenvalue weighted by atomic mass is 19.4. The van der Waals surface area contributed by atoms with Gasteiger partial charge >= 0.3 is 12.4 Å². The SMILES string of the molecule is CC(=O)NC1(c2ccccc2)CCN(C2CCN(C(=O)c3cc(C(F)(F)F)cc(C(F)(F)F)c3)C(Cc3ccccc3)C2)CC1. The monoisotopic (exact) mass is 631 g/mol. The van der Waals surface area contributed by atoms with Crippen molar-refractivity contribution in [2.24, 2.45) is 0 Å². The molecule has 2 amide bonds. The molecular formula is C34H35F6N3O2. The largest absolute Gasteiger partial charge is 0.416 e. The fourth-order valence-electron chi connectivity index (χ4n) is 6.80. The molecule has 2 heterocycles. The molecular weight excluding hydrogens is 596 g/mol. The van der Waals surface area contributed by atoms with Gasteiger partial charge in [-0.1, -0.05) is 60.7 Å². The van der Waals surface area contributed by atoms with Gasteiger partial charge in [0.25, 0.3) is 5.91 Å². The minimum atomic E-state index is -5.05. The Morgan fingerprint density at radius 2 is 1.38 bits per heavy atom. The minimum absolute atomic E-state index is 0.0390. The van der Waals surface area contributed by atoms with Crippen LogP contribution in [0.3, 0.4) is 0 Å². The summed E-state index contributed by atoms with van der Waals surface area (Å²) in [6, 6.07) is 19.8. The molecule has 0 aromatic heterocycles. The van der Waals surface area contributed by atoms with Gasteiger partial charge in [0.15, 0.2) is 0 Å². The lowest BCUT2D eigenvalue weighted by molar-refractivity contribution is -0.143. The van der Waals surface area contributed by atoms with Gasteiger partial charge in [-0.2, -0.15) is 26.3 Å². The highest BCUT2D eigenvalue weighted by Crippen LogP contribution is 2.39. The van der Waals surface area contributed by atoms with Crippen molar-refractivity contribution in [2.75, 3.05) is 19.6 Å². The Morgan fingerprint density at radius 3 is 1.91 bits per heavy atom. The third kappa shape index (κ3) is 7.52. The van der Waals surface area contributed by atoms with Crippen LogP contribution in [-0.2, 0) is 29.1 Å². The van der Waals surface area contributed by atoms with Crippen LogP contribution in [0.4, 0.5) is 26.3 Å². The van der Waals surface area contributed by atoms with Gasteiger partial charge in [-0.3, -0.25) is 9.59 Å². The maximum absolute atomic E-state index is 13.7. The van der Waals surface area contributed by atoms with Gasteiger partial charge in [-0.05, 0) is 61.4 Å². The van der Waals surface area contributed by atoms with E-state index in [0.29, 0.717) is 57.3 Å². The predicted molar refractivity (Wildman–Crippen MR) is 157 cm³/mol. The topological polar surface area (TPSA) is 52.7 Å². The van der Waals surface area contributed by atoms with E-state index >= 15 is 0 Å². The number of carbonyl (C=O) groups is 2. The van der Waals surface area contributed by atoms with Gasteiger partial charge in [0, 0.05) is 44.2 Å². The van der Waals surface area contributed by atoms with Crippen molar-refractivity contribution >= 4 is 11.8 Å². The van der Waals surface area contributed by atoms with Gasteiger partial charge in [0.2, 0.25) is 5.91 Å². The molecule has 2 unspecified atom stereocenters. The van der Waals surface area contributed by atoms with Crippen molar-refractivity contribution in [3.8, 4) is 0 Å². The van der Waals surface area contributed by atoms with E-state index in [1.54, 1.807) is 0 Å². The number of rotatable bonds is 6. The Balaban J connectivity index is 1.39. The molecule has 0 spiro atoms. The number of halogens is 6. The maximum Gasteiger partial charge on any atom is 0.416 e. The lowest BCUT2D eigenvalue weighted by Crippen LogP contribution is -2.58. The van der Waals surface area contributed by atoms with Crippen molar-refractivity contribution in [3.63, 3.8) is 0 Å². The number of piperidine rings is 2. The highest BCUT2D eigenvalue weighted by Gasteiger charge is 2.42. The molecule has 11 heteroatoms. The number of nitrogens with zero attached hydrogens (tertiary/aromatic N) is 2. The van der Waals surface area contributed by atoms with Crippen LogP contribution in [0, 0.1) is 0 Å². The first-order valence-corrected chi connectivity index (χ1v) is 15.0. The molecule has 240 valence electrons. The molecule has 0 saturated carbocycles. The molecule has 2 atom stereocenters. The zero-order valence-corrected chi connectivity index (χ0v) is 24.8. The minimum Gasteiger partial charge on any atom is -0.347 e. The zero-order chi connectivity index (χ0) is 32.4. The molecule has 5 rings (SSSR count). The molecule has 1 N–H and O–H groups in total. The summed E-state index contributed by atoms with van der Waals surface area (Å²) in [6.45, 7) is 3.04. The molecule has 45 heavy (non-hydrogen) atoms. The Bertz CT molecular complexity index is 1450. The van der Waals surface area contributed by atoms with Crippen LogP contribution in [-0.4, -0.2) is 53.3 Å². The summed E-state index contributed by atoms with van der Waals surface area (Å²) in [6.07, 6.45) is -7.33. The van der Waals surface area contributed by atoms with Crippen LogP contribution in [0.2, 0.25) is 0 Å². The van der Waals surface area contributed by atoms with E-state index in [9.17, 15) is 35.9 Å². The lowest BCUT2D eigenvalue weighted by atomic mass is 9.79. The first-order valence-electron chi connectivity index (χ1n) is 15.0. The molecule has 0 radical (unpaired) electrons. The quantitative estimate of drug-likeness (QED) is 0.296. The van der Waals surface area contributed by atoms with Gasteiger partial charge in [-0.25, -0.2) is 0 Å². The van der Waals surface area contributed by atoms with Crippen LogP contribution in [0.1, 0.15) is 65.2 Å². The molecule has 2 aliphatic heterocycles. The second kappa shape index (κ2) is 12.9. The smallest absolute Gasteiger partial charge is 0.347 e. The standard InChI is InChI=1S/C34H35F6N3O2/c1-23(44)41-32(26-10-6-3-7-11-26)13-16-42(17-14-32)29-12-15-43(30(22-29)18-24-8-4-2-5-9-24)31(45)25-19-27(33(35,36)37)21-28(20-25)34(38,39)40/h2-11,19-21,29-30H,12-18,22H2,1H3,(H,41,44). The van der Waals surface area contributed by atoms with E-state index in [1.807, 2.05) is 60.7 Å². The average Bonchev–Trinajstić information content (AvgIpc) is 3.00. The molecule has 2 saturated heterocycles. The van der Waals surface area contributed by atoms with E-state index in [4.69, 9.17) is 0 Å². The van der Waals surface area contributed by atoms with Gasteiger partial charge in [0.05, 0.1) is 16.7 Å². The van der Waals surface area contributed by atoms with Gasteiger partial charge in [0.1, 0.15) is 0 Å². The Morgan fingerprint density at radius 1 is 0.822 bits per heavy atom. The maximum atomic E-state index is 13.7. The number of alkyl halides is 6. The summed E-state index contributed by atoms with van der Waals surface area (Å²) in [7, 11) is 0. The Kier molecular flexibility index (Phi) is 9.30.